The van der Waals surface area contributed by atoms with E-state index in [4.69, 9.17) is 0 Å². The van der Waals surface area contributed by atoms with Crippen LogP contribution in [0.1, 0.15) is 63.1 Å². The van der Waals surface area contributed by atoms with Gasteiger partial charge >= 0.3 is 0 Å². The van der Waals surface area contributed by atoms with E-state index in [9.17, 15) is 0 Å². The first kappa shape index (κ1) is 14.1. The molecule has 104 valence electrons. The zero-order chi connectivity index (χ0) is 13.8. The Labute approximate surface area is 116 Å². The molecule has 0 bridgehead atoms. The molecule has 2 rings (SSSR count). The first-order valence-corrected chi connectivity index (χ1v) is 7.60. The van der Waals surface area contributed by atoms with Gasteiger partial charge < -0.3 is 0 Å². The van der Waals surface area contributed by atoms with Crippen molar-refractivity contribution in [1.29, 1.82) is 0 Å². The topological polar surface area (TPSA) is 17.8 Å². The van der Waals surface area contributed by atoms with Crippen LogP contribution in [0.3, 0.4) is 0 Å². The van der Waals surface area contributed by atoms with Gasteiger partial charge in [-0.2, -0.15) is 5.10 Å². The van der Waals surface area contributed by atoms with Crippen LogP contribution in [0.15, 0.2) is 18.2 Å². The third kappa shape index (κ3) is 2.99. The molecule has 0 saturated carbocycles. The van der Waals surface area contributed by atoms with E-state index >= 15 is 0 Å². The molecule has 1 atom stereocenters. The maximum absolute atomic E-state index is 4.51. The third-order valence-corrected chi connectivity index (χ3v) is 4.18. The summed E-state index contributed by atoms with van der Waals surface area (Å²) in [5.41, 5.74) is 3.87. The van der Waals surface area contributed by atoms with Gasteiger partial charge in [-0.3, -0.25) is 4.68 Å². The standard InChI is InChI=1S/C17H26N2/c1-5-7-8-9-14(6-2)15-10-11-17-16(12-15)13(3)18-19(17)4/h10-12,14H,5-9H2,1-4H3. The molecule has 1 aromatic heterocycles. The fourth-order valence-electron chi connectivity index (χ4n) is 2.96. The van der Waals surface area contributed by atoms with Crippen molar-refractivity contribution in [1.82, 2.24) is 9.78 Å². The second-order valence-corrected chi connectivity index (χ2v) is 5.59. The van der Waals surface area contributed by atoms with Crippen molar-refractivity contribution in [2.75, 3.05) is 0 Å². The molecule has 1 unspecified atom stereocenters. The number of aryl methyl sites for hydroxylation is 2. The molecule has 0 amide bonds. The minimum Gasteiger partial charge on any atom is -0.268 e. The number of hydrogen-bond donors (Lipinski definition) is 0. The smallest absolute Gasteiger partial charge is 0.0682 e. The minimum atomic E-state index is 0.704. The van der Waals surface area contributed by atoms with Crippen molar-refractivity contribution in [2.45, 2.75) is 58.8 Å². The summed E-state index contributed by atoms with van der Waals surface area (Å²) in [5, 5.41) is 5.82. The largest absolute Gasteiger partial charge is 0.268 e. The second-order valence-electron chi connectivity index (χ2n) is 5.59. The Morgan fingerprint density at radius 2 is 2.00 bits per heavy atom. The lowest BCUT2D eigenvalue weighted by Gasteiger charge is -2.15. The average molecular weight is 258 g/mol. The molecule has 2 heteroatoms. The van der Waals surface area contributed by atoms with E-state index in [1.54, 1.807) is 0 Å². The van der Waals surface area contributed by atoms with Gasteiger partial charge in [0, 0.05) is 12.4 Å². The Morgan fingerprint density at radius 3 is 2.68 bits per heavy atom. The quantitative estimate of drug-likeness (QED) is 0.670. The van der Waals surface area contributed by atoms with Crippen molar-refractivity contribution >= 4 is 10.9 Å². The van der Waals surface area contributed by atoms with E-state index in [0.29, 0.717) is 5.92 Å². The van der Waals surface area contributed by atoms with Gasteiger partial charge in [0.05, 0.1) is 11.2 Å². The van der Waals surface area contributed by atoms with Crippen LogP contribution in [0.2, 0.25) is 0 Å². The van der Waals surface area contributed by atoms with Crippen LogP contribution >= 0.6 is 0 Å². The van der Waals surface area contributed by atoms with Crippen LogP contribution in [-0.4, -0.2) is 9.78 Å². The molecule has 2 aromatic rings. The van der Waals surface area contributed by atoms with E-state index in [1.807, 2.05) is 11.7 Å². The summed E-state index contributed by atoms with van der Waals surface area (Å²) in [5.74, 6) is 0.704. The SMILES string of the molecule is CCCCCC(CC)c1ccc2c(c1)c(C)nn2C. The fraction of sp³-hybridized carbons (Fsp3) is 0.588. The summed E-state index contributed by atoms with van der Waals surface area (Å²) >= 11 is 0. The highest BCUT2D eigenvalue weighted by Gasteiger charge is 2.12. The Bertz CT molecular complexity index is 539. The molecular formula is C17H26N2. The maximum atomic E-state index is 4.51. The Hall–Kier alpha value is -1.31. The normalized spacial score (nSPS) is 13.1. The van der Waals surface area contributed by atoms with Gasteiger partial charge in [-0.1, -0.05) is 39.2 Å². The number of rotatable bonds is 6. The minimum absolute atomic E-state index is 0.704. The molecule has 0 spiro atoms. The first-order valence-electron chi connectivity index (χ1n) is 7.60. The van der Waals surface area contributed by atoms with Crippen LogP contribution in [0, 0.1) is 6.92 Å². The van der Waals surface area contributed by atoms with Gasteiger partial charge in [-0.25, -0.2) is 0 Å². The zero-order valence-corrected chi connectivity index (χ0v) is 12.7. The fourth-order valence-corrected chi connectivity index (χ4v) is 2.96. The predicted molar refractivity (Wildman–Crippen MR) is 82.6 cm³/mol. The number of nitrogens with zero attached hydrogens (tertiary/aromatic N) is 2. The highest BCUT2D eigenvalue weighted by molar-refractivity contribution is 5.82. The van der Waals surface area contributed by atoms with Gasteiger partial charge in [0.2, 0.25) is 0 Å². The Balaban J connectivity index is 2.25. The van der Waals surface area contributed by atoms with E-state index < -0.39 is 0 Å². The number of unbranched alkanes of at least 4 members (excludes halogenated alkanes) is 2. The van der Waals surface area contributed by atoms with E-state index in [-0.39, 0.29) is 0 Å². The van der Waals surface area contributed by atoms with Gasteiger partial charge in [-0.15, -0.1) is 0 Å². The van der Waals surface area contributed by atoms with Crippen LogP contribution in [0.25, 0.3) is 10.9 Å². The van der Waals surface area contributed by atoms with Crippen molar-refractivity contribution in [3.8, 4) is 0 Å². The van der Waals surface area contributed by atoms with Gasteiger partial charge in [0.25, 0.3) is 0 Å². The number of hydrogen-bond acceptors (Lipinski definition) is 1. The molecule has 0 radical (unpaired) electrons. The lowest BCUT2D eigenvalue weighted by molar-refractivity contribution is 0.554. The van der Waals surface area contributed by atoms with Crippen LogP contribution < -0.4 is 0 Å². The third-order valence-electron chi connectivity index (χ3n) is 4.18. The molecule has 2 nitrogen and oxygen atoms in total. The predicted octanol–water partition coefficient (Wildman–Crippen LogP) is 4.96. The lowest BCUT2D eigenvalue weighted by Crippen LogP contribution is -1.98. The molecule has 1 heterocycles. The zero-order valence-electron chi connectivity index (χ0n) is 12.7. The molecule has 19 heavy (non-hydrogen) atoms. The van der Waals surface area contributed by atoms with E-state index in [1.165, 1.54) is 48.6 Å². The summed E-state index contributed by atoms with van der Waals surface area (Å²) in [6, 6.07) is 6.88. The molecule has 0 aliphatic heterocycles. The van der Waals surface area contributed by atoms with Crippen LogP contribution in [-0.2, 0) is 7.05 Å². The molecule has 0 aliphatic carbocycles. The monoisotopic (exact) mass is 258 g/mol. The van der Waals surface area contributed by atoms with Crippen molar-refractivity contribution in [2.24, 2.45) is 7.05 Å². The van der Waals surface area contributed by atoms with Crippen molar-refractivity contribution < 1.29 is 0 Å². The highest BCUT2D eigenvalue weighted by atomic mass is 15.3. The van der Waals surface area contributed by atoms with Crippen LogP contribution in [0.5, 0.6) is 0 Å². The van der Waals surface area contributed by atoms with Gasteiger partial charge in [-0.05, 0) is 43.4 Å². The second kappa shape index (κ2) is 6.23. The average Bonchev–Trinajstić information content (AvgIpc) is 2.70. The molecule has 0 aliphatic rings. The van der Waals surface area contributed by atoms with Crippen molar-refractivity contribution in [3.63, 3.8) is 0 Å². The van der Waals surface area contributed by atoms with Crippen molar-refractivity contribution in [3.05, 3.63) is 29.5 Å². The summed E-state index contributed by atoms with van der Waals surface area (Å²) in [7, 11) is 2.02. The summed E-state index contributed by atoms with van der Waals surface area (Å²) in [6.45, 7) is 6.67. The summed E-state index contributed by atoms with van der Waals surface area (Å²) in [4.78, 5) is 0. The van der Waals surface area contributed by atoms with E-state index in [2.05, 4.69) is 44.1 Å². The van der Waals surface area contributed by atoms with Crippen LogP contribution in [0.4, 0.5) is 0 Å². The summed E-state index contributed by atoms with van der Waals surface area (Å²) < 4.78 is 1.98. The molecule has 0 N–H and O–H groups in total. The highest BCUT2D eigenvalue weighted by Crippen LogP contribution is 2.29. The Kier molecular flexibility index (Phi) is 4.62. The van der Waals surface area contributed by atoms with Gasteiger partial charge in [0.15, 0.2) is 0 Å². The van der Waals surface area contributed by atoms with Gasteiger partial charge in [0.1, 0.15) is 0 Å². The lowest BCUT2D eigenvalue weighted by atomic mass is 9.90. The molecule has 1 aromatic carbocycles. The number of benzene rings is 1. The Morgan fingerprint density at radius 1 is 1.21 bits per heavy atom. The first-order chi connectivity index (χ1) is 9.17. The molecule has 0 fully saturated rings. The molecule has 0 saturated heterocycles. The number of fused-ring (bicyclic) bond motifs is 1. The summed E-state index contributed by atoms with van der Waals surface area (Å²) in [6.07, 6.45) is 6.55. The number of aromatic nitrogens is 2. The van der Waals surface area contributed by atoms with E-state index in [0.717, 1.165) is 5.69 Å². The molecular weight excluding hydrogens is 232 g/mol. The maximum Gasteiger partial charge on any atom is 0.0682 e.